The Bertz CT molecular complexity index is 292. The smallest absolute Gasteiger partial charge is 0.746 e. The summed E-state index contributed by atoms with van der Waals surface area (Å²) in [6.07, 6.45) is 6.58. The van der Waals surface area contributed by atoms with Gasteiger partial charge in [0, 0.05) is 0 Å². The third kappa shape index (κ3) is 8.12. The van der Waals surface area contributed by atoms with E-state index in [0.717, 1.165) is 25.7 Å². The fourth-order valence-electron chi connectivity index (χ4n) is 1.95. The first-order chi connectivity index (χ1) is 7.87. The van der Waals surface area contributed by atoms with Crippen LogP contribution in [0, 0.1) is 0 Å². The quantitative estimate of drug-likeness (QED) is 0.342. The minimum absolute atomic E-state index is 0. The Balaban J connectivity index is 0. The van der Waals surface area contributed by atoms with E-state index in [9.17, 15) is 18.1 Å². The van der Waals surface area contributed by atoms with Crippen LogP contribution in [0.25, 0.3) is 0 Å². The van der Waals surface area contributed by atoms with Gasteiger partial charge in [0.1, 0.15) is 10.1 Å². The first-order valence-electron chi connectivity index (χ1n) is 6.55. The Hall–Kier alpha value is 0.870. The molecule has 0 heterocycles. The zero-order valence-corrected chi connectivity index (χ0v) is 14.8. The van der Waals surface area contributed by atoms with Gasteiger partial charge in [0.2, 0.25) is 0 Å². The third-order valence-electron chi connectivity index (χ3n) is 3.03. The molecule has 1 N–H and O–H groups in total. The monoisotopic (exact) mass is 288 g/mol. The van der Waals surface area contributed by atoms with Gasteiger partial charge in [-0.15, -0.1) is 0 Å². The number of rotatable bonds is 10. The van der Waals surface area contributed by atoms with E-state index in [1.165, 1.54) is 6.42 Å². The van der Waals surface area contributed by atoms with Gasteiger partial charge in [-0.25, -0.2) is 8.42 Å². The van der Waals surface area contributed by atoms with Crippen molar-refractivity contribution in [2.24, 2.45) is 0 Å². The van der Waals surface area contributed by atoms with Gasteiger partial charge in [-0.1, -0.05) is 52.4 Å². The SMILES string of the molecule is CCCCCCCCC(O)(CCC)S(=O)(=O)[O-].[Na+]. The molecule has 0 fully saturated rings. The summed E-state index contributed by atoms with van der Waals surface area (Å²) in [6, 6.07) is 0. The van der Waals surface area contributed by atoms with Gasteiger partial charge in [-0.2, -0.15) is 0 Å². The van der Waals surface area contributed by atoms with E-state index >= 15 is 0 Å². The molecule has 18 heavy (non-hydrogen) atoms. The fraction of sp³-hybridized carbons (Fsp3) is 1.00. The summed E-state index contributed by atoms with van der Waals surface area (Å²) in [6.45, 7) is 3.89. The standard InChI is InChI=1S/C12H26O4S.Na/c1-3-5-6-7-8-9-11-12(13,10-4-2)17(14,15)16;/h13H,3-11H2,1-2H3,(H,14,15,16);/q;+1/p-1. The number of hydrogen-bond acceptors (Lipinski definition) is 4. The summed E-state index contributed by atoms with van der Waals surface area (Å²) in [5, 5.41) is 9.85. The topological polar surface area (TPSA) is 77.4 Å². The molecule has 0 aromatic carbocycles. The van der Waals surface area contributed by atoms with E-state index in [2.05, 4.69) is 6.92 Å². The molecule has 0 saturated carbocycles. The first kappa shape index (κ1) is 21.2. The van der Waals surface area contributed by atoms with Crippen LogP contribution in [-0.4, -0.2) is 23.0 Å². The average Bonchev–Trinajstić information content (AvgIpc) is 2.22. The molecule has 4 nitrogen and oxygen atoms in total. The molecule has 0 aliphatic carbocycles. The van der Waals surface area contributed by atoms with Gasteiger partial charge in [0.15, 0.2) is 4.93 Å². The Morgan fingerprint density at radius 2 is 1.44 bits per heavy atom. The summed E-state index contributed by atoms with van der Waals surface area (Å²) in [7, 11) is -4.62. The van der Waals surface area contributed by atoms with Gasteiger partial charge in [-0.3, -0.25) is 0 Å². The zero-order chi connectivity index (χ0) is 13.4. The van der Waals surface area contributed by atoms with Gasteiger partial charge in [0.05, 0.1) is 0 Å². The van der Waals surface area contributed by atoms with Crippen molar-refractivity contribution >= 4 is 10.1 Å². The van der Waals surface area contributed by atoms with E-state index < -0.39 is 15.1 Å². The van der Waals surface area contributed by atoms with Crippen molar-refractivity contribution < 1.29 is 47.6 Å². The third-order valence-corrected chi connectivity index (χ3v) is 4.37. The fourth-order valence-corrected chi connectivity index (χ4v) is 2.80. The van der Waals surface area contributed by atoms with Crippen molar-refractivity contribution in [3.63, 3.8) is 0 Å². The second kappa shape index (κ2) is 10.6. The molecule has 0 amide bonds. The van der Waals surface area contributed by atoms with Gasteiger partial charge in [0.25, 0.3) is 0 Å². The van der Waals surface area contributed by atoms with E-state index in [1.807, 2.05) is 0 Å². The molecule has 0 aromatic rings. The predicted octanol–water partition coefficient (Wildman–Crippen LogP) is -0.225. The van der Waals surface area contributed by atoms with Crippen molar-refractivity contribution in [1.82, 2.24) is 0 Å². The van der Waals surface area contributed by atoms with Crippen molar-refractivity contribution in [2.45, 2.75) is 76.6 Å². The maximum Gasteiger partial charge on any atom is 1.00 e. The van der Waals surface area contributed by atoms with Crippen LogP contribution in [0.15, 0.2) is 0 Å². The van der Waals surface area contributed by atoms with E-state index in [4.69, 9.17) is 0 Å². The maximum atomic E-state index is 11.0. The number of unbranched alkanes of at least 4 members (excludes halogenated alkanes) is 5. The van der Waals surface area contributed by atoms with Crippen molar-refractivity contribution in [1.29, 1.82) is 0 Å². The number of aliphatic hydroxyl groups is 1. The first-order valence-corrected chi connectivity index (χ1v) is 7.96. The largest absolute Gasteiger partial charge is 1.00 e. The minimum Gasteiger partial charge on any atom is -0.746 e. The van der Waals surface area contributed by atoms with Crippen LogP contribution in [0.1, 0.15) is 71.6 Å². The van der Waals surface area contributed by atoms with Gasteiger partial charge >= 0.3 is 29.6 Å². The van der Waals surface area contributed by atoms with Crippen LogP contribution in [0.3, 0.4) is 0 Å². The summed E-state index contributed by atoms with van der Waals surface area (Å²) >= 11 is 0. The predicted molar refractivity (Wildman–Crippen MR) is 67.5 cm³/mol. The molecule has 0 saturated heterocycles. The Morgan fingerprint density at radius 1 is 0.944 bits per heavy atom. The van der Waals surface area contributed by atoms with Gasteiger partial charge in [-0.05, 0) is 19.3 Å². The van der Waals surface area contributed by atoms with Crippen LogP contribution < -0.4 is 29.6 Å². The summed E-state index contributed by atoms with van der Waals surface area (Å²) in [4.78, 5) is -2.05. The normalized spacial score (nSPS) is 14.9. The zero-order valence-electron chi connectivity index (χ0n) is 11.9. The van der Waals surface area contributed by atoms with Crippen molar-refractivity contribution in [3.05, 3.63) is 0 Å². The van der Waals surface area contributed by atoms with Crippen molar-refractivity contribution in [2.75, 3.05) is 0 Å². The number of hydrogen-bond donors (Lipinski definition) is 1. The maximum absolute atomic E-state index is 11.0. The molecule has 0 bridgehead atoms. The summed E-state index contributed by atoms with van der Waals surface area (Å²) < 4.78 is 33.0. The van der Waals surface area contributed by atoms with E-state index in [0.29, 0.717) is 12.8 Å². The molecule has 0 aliphatic heterocycles. The molecule has 0 rings (SSSR count). The Labute approximate surface area is 134 Å². The molecule has 1 unspecified atom stereocenters. The van der Waals surface area contributed by atoms with E-state index in [-0.39, 0.29) is 42.4 Å². The van der Waals surface area contributed by atoms with Crippen LogP contribution in [0.4, 0.5) is 0 Å². The molecule has 104 valence electrons. The molecule has 0 aromatic heterocycles. The summed E-state index contributed by atoms with van der Waals surface area (Å²) in [5.74, 6) is 0. The van der Waals surface area contributed by atoms with Gasteiger partial charge < -0.3 is 9.66 Å². The Kier molecular flexibility index (Phi) is 12.5. The van der Waals surface area contributed by atoms with Crippen LogP contribution in [0.2, 0.25) is 0 Å². The molecular weight excluding hydrogens is 263 g/mol. The molecular formula is C12H25NaO4S. The van der Waals surface area contributed by atoms with Crippen LogP contribution in [0.5, 0.6) is 0 Å². The molecule has 0 aliphatic rings. The molecule has 1 atom stereocenters. The minimum atomic E-state index is -4.62. The Morgan fingerprint density at radius 3 is 1.89 bits per heavy atom. The van der Waals surface area contributed by atoms with Crippen LogP contribution in [-0.2, 0) is 10.1 Å². The van der Waals surface area contributed by atoms with Crippen molar-refractivity contribution in [3.8, 4) is 0 Å². The molecule has 0 radical (unpaired) electrons. The molecule has 0 spiro atoms. The van der Waals surface area contributed by atoms with E-state index in [1.54, 1.807) is 6.92 Å². The van der Waals surface area contributed by atoms with Crippen LogP contribution >= 0.6 is 0 Å². The second-order valence-electron chi connectivity index (χ2n) is 4.67. The molecule has 6 heteroatoms. The second-order valence-corrected chi connectivity index (χ2v) is 6.34. The summed E-state index contributed by atoms with van der Waals surface area (Å²) in [5.41, 5.74) is 0. The average molecular weight is 288 g/mol.